The average molecular weight is 145 g/mol. The quantitative estimate of drug-likeness (QED) is 0.579. The Bertz CT molecular complexity index is 73.7. The molecule has 0 radical (unpaired) electrons. The smallest absolute Gasteiger partial charge is 0.0559 e. The molecule has 0 spiro atoms. The Labute approximate surface area is 64.2 Å². The van der Waals surface area contributed by atoms with E-state index >= 15 is 0 Å². The van der Waals surface area contributed by atoms with Crippen molar-refractivity contribution >= 4 is 0 Å². The van der Waals surface area contributed by atoms with E-state index in [9.17, 15) is 0 Å². The van der Waals surface area contributed by atoms with Crippen LogP contribution in [0.2, 0.25) is 0 Å². The van der Waals surface area contributed by atoms with Gasteiger partial charge in [-0.25, -0.2) is 0 Å². The van der Waals surface area contributed by atoms with E-state index in [0.29, 0.717) is 6.10 Å². The molecule has 1 atom stereocenters. The van der Waals surface area contributed by atoms with Crippen LogP contribution in [0.25, 0.3) is 0 Å². The number of hydrogen-bond acceptors (Lipinski definition) is 2. The van der Waals surface area contributed by atoms with Crippen LogP contribution in [-0.2, 0) is 4.74 Å². The van der Waals surface area contributed by atoms with Gasteiger partial charge < -0.3 is 9.64 Å². The molecule has 0 rings (SSSR count). The first kappa shape index (κ1) is 9.92. The molecule has 0 aromatic rings. The van der Waals surface area contributed by atoms with Crippen molar-refractivity contribution < 1.29 is 4.74 Å². The third-order valence-corrected chi connectivity index (χ3v) is 1.43. The van der Waals surface area contributed by atoms with Crippen molar-refractivity contribution in [2.75, 3.05) is 27.2 Å². The predicted molar refractivity (Wildman–Crippen MR) is 44.3 cm³/mol. The van der Waals surface area contributed by atoms with Gasteiger partial charge in [-0.2, -0.15) is 0 Å². The molecule has 0 aliphatic carbocycles. The highest BCUT2D eigenvalue weighted by molar-refractivity contribution is 4.52. The maximum atomic E-state index is 5.37. The molecule has 0 aromatic heterocycles. The highest BCUT2D eigenvalue weighted by Crippen LogP contribution is 1.96. The molecule has 0 aliphatic rings. The van der Waals surface area contributed by atoms with Crippen LogP contribution < -0.4 is 0 Å². The second-order valence-corrected chi connectivity index (χ2v) is 2.86. The van der Waals surface area contributed by atoms with E-state index in [2.05, 4.69) is 25.9 Å². The minimum absolute atomic E-state index is 0.410. The molecule has 0 N–H and O–H groups in total. The fourth-order valence-electron chi connectivity index (χ4n) is 0.808. The fourth-order valence-corrected chi connectivity index (χ4v) is 0.808. The van der Waals surface area contributed by atoms with E-state index in [1.165, 1.54) is 0 Å². The third-order valence-electron chi connectivity index (χ3n) is 1.43. The van der Waals surface area contributed by atoms with Crippen LogP contribution in [0.1, 0.15) is 20.3 Å². The van der Waals surface area contributed by atoms with Gasteiger partial charge in [0.2, 0.25) is 0 Å². The molecule has 0 saturated heterocycles. The minimum Gasteiger partial charge on any atom is -0.379 e. The molecule has 0 aliphatic heterocycles. The highest BCUT2D eigenvalue weighted by atomic mass is 16.5. The van der Waals surface area contributed by atoms with E-state index < -0.39 is 0 Å². The van der Waals surface area contributed by atoms with Crippen LogP contribution in [0.15, 0.2) is 0 Å². The van der Waals surface area contributed by atoms with Crippen LogP contribution >= 0.6 is 0 Å². The Morgan fingerprint density at radius 2 is 2.00 bits per heavy atom. The van der Waals surface area contributed by atoms with E-state index in [1.54, 1.807) is 0 Å². The van der Waals surface area contributed by atoms with Crippen LogP contribution in [-0.4, -0.2) is 38.3 Å². The van der Waals surface area contributed by atoms with E-state index in [0.717, 1.165) is 19.6 Å². The van der Waals surface area contributed by atoms with Gasteiger partial charge in [-0.3, -0.25) is 0 Å². The van der Waals surface area contributed by atoms with Crippen molar-refractivity contribution in [3.05, 3.63) is 0 Å². The zero-order valence-corrected chi connectivity index (χ0v) is 7.55. The molecular formula is C8H19NO. The van der Waals surface area contributed by atoms with Crippen molar-refractivity contribution in [1.82, 2.24) is 4.90 Å². The van der Waals surface area contributed by atoms with Crippen LogP contribution in [0.3, 0.4) is 0 Å². The lowest BCUT2D eigenvalue weighted by Crippen LogP contribution is -2.19. The van der Waals surface area contributed by atoms with E-state index in [4.69, 9.17) is 4.74 Å². The minimum atomic E-state index is 0.410. The summed E-state index contributed by atoms with van der Waals surface area (Å²) in [6, 6.07) is 0. The molecule has 10 heavy (non-hydrogen) atoms. The van der Waals surface area contributed by atoms with Gasteiger partial charge in [0.1, 0.15) is 0 Å². The first-order chi connectivity index (χ1) is 4.66. The van der Waals surface area contributed by atoms with Gasteiger partial charge in [-0.15, -0.1) is 0 Å². The summed E-state index contributed by atoms with van der Waals surface area (Å²) in [7, 11) is 4.16. The summed E-state index contributed by atoms with van der Waals surface area (Å²) >= 11 is 0. The van der Waals surface area contributed by atoms with Crippen molar-refractivity contribution in [2.45, 2.75) is 26.4 Å². The van der Waals surface area contributed by atoms with Crippen LogP contribution in [0, 0.1) is 0 Å². The van der Waals surface area contributed by atoms with Gasteiger partial charge in [0.15, 0.2) is 0 Å². The van der Waals surface area contributed by atoms with Crippen molar-refractivity contribution in [2.24, 2.45) is 0 Å². The molecule has 2 nitrogen and oxygen atoms in total. The largest absolute Gasteiger partial charge is 0.379 e. The second-order valence-electron chi connectivity index (χ2n) is 2.86. The van der Waals surface area contributed by atoms with Crippen LogP contribution in [0.4, 0.5) is 0 Å². The summed E-state index contributed by atoms with van der Waals surface area (Å²) in [5.41, 5.74) is 0. The molecule has 0 unspecified atom stereocenters. The first-order valence-electron chi connectivity index (χ1n) is 3.93. The summed E-state index contributed by atoms with van der Waals surface area (Å²) in [4.78, 5) is 2.18. The zero-order valence-electron chi connectivity index (χ0n) is 7.55. The van der Waals surface area contributed by atoms with E-state index in [-0.39, 0.29) is 0 Å². The molecule has 0 heterocycles. The molecule has 2 heteroatoms. The van der Waals surface area contributed by atoms with Crippen LogP contribution in [0.5, 0.6) is 0 Å². The van der Waals surface area contributed by atoms with Gasteiger partial charge in [0.25, 0.3) is 0 Å². The van der Waals surface area contributed by atoms with Crippen molar-refractivity contribution in [3.8, 4) is 0 Å². The van der Waals surface area contributed by atoms with Gasteiger partial charge in [0, 0.05) is 6.61 Å². The van der Waals surface area contributed by atoms with Crippen molar-refractivity contribution in [3.63, 3.8) is 0 Å². The van der Waals surface area contributed by atoms with Gasteiger partial charge >= 0.3 is 0 Å². The van der Waals surface area contributed by atoms with Gasteiger partial charge in [0.05, 0.1) is 6.10 Å². The Morgan fingerprint density at radius 3 is 2.40 bits per heavy atom. The molecule has 0 saturated carbocycles. The lowest BCUT2D eigenvalue weighted by molar-refractivity contribution is 0.0651. The summed E-state index contributed by atoms with van der Waals surface area (Å²) in [5.74, 6) is 0. The number of nitrogens with zero attached hydrogens (tertiary/aromatic N) is 1. The zero-order chi connectivity index (χ0) is 7.98. The number of hydrogen-bond donors (Lipinski definition) is 0. The normalized spacial score (nSPS) is 14.1. The Balaban J connectivity index is 3.12. The molecule has 0 amide bonds. The highest BCUT2D eigenvalue weighted by Gasteiger charge is 1.99. The monoisotopic (exact) mass is 145 g/mol. The summed E-state index contributed by atoms with van der Waals surface area (Å²) < 4.78 is 5.37. The Hall–Kier alpha value is -0.0800. The molecule has 0 aromatic carbocycles. The van der Waals surface area contributed by atoms with Gasteiger partial charge in [-0.05, 0) is 40.9 Å². The molecular weight excluding hydrogens is 126 g/mol. The molecule has 0 fully saturated rings. The standard InChI is InChI=1S/C8H19NO/c1-5-10-8(2)6-7-9(3)4/h8H,5-7H2,1-4H3/t8-/m0/s1. The Kier molecular flexibility index (Phi) is 5.64. The SMILES string of the molecule is CCO[C@@H](C)CCN(C)C. The first-order valence-corrected chi connectivity index (χ1v) is 3.93. The Morgan fingerprint density at radius 1 is 1.40 bits per heavy atom. The molecule has 62 valence electrons. The lowest BCUT2D eigenvalue weighted by Gasteiger charge is -2.14. The second kappa shape index (κ2) is 5.69. The number of ether oxygens (including phenoxy) is 1. The average Bonchev–Trinajstić information content (AvgIpc) is 1.85. The lowest BCUT2D eigenvalue weighted by atomic mass is 10.3. The third kappa shape index (κ3) is 6.05. The number of rotatable bonds is 5. The maximum absolute atomic E-state index is 5.37. The van der Waals surface area contributed by atoms with Crippen molar-refractivity contribution in [1.29, 1.82) is 0 Å². The topological polar surface area (TPSA) is 12.5 Å². The van der Waals surface area contributed by atoms with E-state index in [1.807, 2.05) is 6.92 Å². The molecule has 0 bridgehead atoms. The summed E-state index contributed by atoms with van der Waals surface area (Å²) in [6.45, 7) is 6.09. The predicted octanol–water partition coefficient (Wildman–Crippen LogP) is 1.36. The summed E-state index contributed by atoms with van der Waals surface area (Å²) in [6.07, 6.45) is 1.54. The summed E-state index contributed by atoms with van der Waals surface area (Å²) in [5, 5.41) is 0. The maximum Gasteiger partial charge on any atom is 0.0559 e. The van der Waals surface area contributed by atoms with Gasteiger partial charge in [-0.1, -0.05) is 0 Å². The fraction of sp³-hybridized carbons (Fsp3) is 1.00.